The maximum Gasteiger partial charge on any atom is 0.256 e. The third-order valence-electron chi connectivity index (χ3n) is 4.69. The Kier molecular flexibility index (Phi) is 5.23. The molecule has 1 aromatic heterocycles. The smallest absolute Gasteiger partial charge is 0.256 e. The van der Waals surface area contributed by atoms with Gasteiger partial charge < -0.3 is 14.8 Å². The van der Waals surface area contributed by atoms with Crippen LogP contribution >= 0.6 is 0 Å². The van der Waals surface area contributed by atoms with Gasteiger partial charge in [-0.05, 0) is 63.3 Å². The Morgan fingerprint density at radius 1 is 1.32 bits per heavy atom. The van der Waals surface area contributed by atoms with Crippen molar-refractivity contribution in [1.29, 1.82) is 0 Å². The first-order valence-electron chi connectivity index (χ1n) is 9.06. The van der Waals surface area contributed by atoms with Crippen LogP contribution in [-0.4, -0.2) is 29.7 Å². The molecule has 0 aliphatic heterocycles. The van der Waals surface area contributed by atoms with E-state index in [-0.39, 0.29) is 5.91 Å². The number of hydrogen-bond acceptors (Lipinski definition) is 4. The van der Waals surface area contributed by atoms with Crippen molar-refractivity contribution in [3.05, 3.63) is 30.5 Å². The minimum Gasteiger partial charge on any atom is -0.492 e. The number of carbonyl (C=O) groups excluding carboxylic acids is 1. The first-order chi connectivity index (χ1) is 12.1. The van der Waals surface area contributed by atoms with E-state index in [1.807, 2.05) is 38.1 Å². The zero-order chi connectivity index (χ0) is 17.9. The van der Waals surface area contributed by atoms with Crippen LogP contribution in [0.2, 0.25) is 0 Å². The van der Waals surface area contributed by atoms with Crippen molar-refractivity contribution in [3.63, 3.8) is 0 Å². The summed E-state index contributed by atoms with van der Waals surface area (Å²) in [5.74, 6) is 0.937. The molecule has 2 aromatic rings. The van der Waals surface area contributed by atoms with Crippen LogP contribution < -0.4 is 10.1 Å². The van der Waals surface area contributed by atoms with Gasteiger partial charge in [-0.2, -0.15) is 0 Å². The van der Waals surface area contributed by atoms with Crippen LogP contribution in [0.15, 0.2) is 30.5 Å². The summed E-state index contributed by atoms with van der Waals surface area (Å²) in [4.78, 5) is 17.4. The number of rotatable bonds is 8. The molecule has 1 aliphatic rings. The molecular formula is C20H26N2O3. The summed E-state index contributed by atoms with van der Waals surface area (Å²) in [6.45, 7) is 7.06. The monoisotopic (exact) mass is 342 g/mol. The average Bonchev–Trinajstić information content (AvgIpc) is 3.47. The third-order valence-corrected chi connectivity index (χ3v) is 4.69. The predicted octanol–water partition coefficient (Wildman–Crippen LogP) is 4.17. The third kappa shape index (κ3) is 3.61. The van der Waals surface area contributed by atoms with Gasteiger partial charge in [-0.3, -0.25) is 9.78 Å². The zero-order valence-corrected chi connectivity index (χ0v) is 15.2. The lowest BCUT2D eigenvalue weighted by atomic mass is 9.98. The van der Waals surface area contributed by atoms with Crippen molar-refractivity contribution < 1.29 is 14.3 Å². The Bertz CT molecular complexity index is 758. The summed E-state index contributed by atoms with van der Waals surface area (Å²) in [5, 5.41) is 3.94. The Balaban J connectivity index is 1.89. The van der Waals surface area contributed by atoms with E-state index in [2.05, 4.69) is 17.2 Å². The second-order valence-corrected chi connectivity index (χ2v) is 6.63. The highest BCUT2D eigenvalue weighted by Crippen LogP contribution is 2.43. The number of amides is 1. The lowest BCUT2D eigenvalue weighted by Gasteiger charge is -2.29. The molecule has 1 heterocycles. The topological polar surface area (TPSA) is 60.5 Å². The molecule has 3 rings (SSSR count). The normalized spacial score (nSPS) is 16.4. The molecular weight excluding hydrogens is 316 g/mol. The zero-order valence-electron chi connectivity index (χ0n) is 15.2. The lowest BCUT2D eigenvalue weighted by molar-refractivity contribution is -0.142. The lowest BCUT2D eigenvalue weighted by Crippen LogP contribution is -2.45. The minimum atomic E-state index is -0.775. The Morgan fingerprint density at radius 2 is 2.12 bits per heavy atom. The molecule has 5 heteroatoms. The molecule has 0 radical (unpaired) electrons. The van der Waals surface area contributed by atoms with Crippen LogP contribution in [0.1, 0.15) is 40.0 Å². The van der Waals surface area contributed by atoms with E-state index in [0.717, 1.165) is 41.6 Å². The van der Waals surface area contributed by atoms with E-state index >= 15 is 0 Å². The van der Waals surface area contributed by atoms with Crippen molar-refractivity contribution in [1.82, 2.24) is 4.98 Å². The summed E-state index contributed by atoms with van der Waals surface area (Å²) in [6, 6.07) is 7.54. The van der Waals surface area contributed by atoms with Crippen LogP contribution in [0, 0.1) is 5.92 Å². The molecule has 1 amide bonds. The van der Waals surface area contributed by atoms with Gasteiger partial charge in [-0.1, -0.05) is 6.92 Å². The fourth-order valence-corrected chi connectivity index (χ4v) is 3.09. The summed E-state index contributed by atoms with van der Waals surface area (Å²) < 4.78 is 11.6. The van der Waals surface area contributed by atoms with Gasteiger partial charge in [0.15, 0.2) is 0 Å². The Morgan fingerprint density at radius 3 is 2.80 bits per heavy atom. The number of carbonyl (C=O) groups is 1. The van der Waals surface area contributed by atoms with Crippen LogP contribution in [0.3, 0.4) is 0 Å². The number of anilines is 1. The van der Waals surface area contributed by atoms with Gasteiger partial charge in [0, 0.05) is 18.2 Å². The summed E-state index contributed by atoms with van der Waals surface area (Å²) in [6.07, 6.45) is 4.71. The van der Waals surface area contributed by atoms with E-state index in [4.69, 9.17) is 9.47 Å². The summed E-state index contributed by atoms with van der Waals surface area (Å²) in [7, 11) is 0. The molecule has 1 saturated carbocycles. The predicted molar refractivity (Wildman–Crippen MR) is 98.9 cm³/mol. The highest BCUT2D eigenvalue weighted by Gasteiger charge is 2.48. The molecule has 0 bridgehead atoms. The fourth-order valence-electron chi connectivity index (χ4n) is 3.09. The molecule has 0 spiro atoms. The summed E-state index contributed by atoms with van der Waals surface area (Å²) in [5.41, 5.74) is 0.719. The minimum absolute atomic E-state index is 0.0854. The summed E-state index contributed by atoms with van der Waals surface area (Å²) >= 11 is 0. The van der Waals surface area contributed by atoms with Gasteiger partial charge in [0.2, 0.25) is 0 Å². The van der Waals surface area contributed by atoms with Gasteiger partial charge in [0.05, 0.1) is 12.3 Å². The second kappa shape index (κ2) is 7.40. The van der Waals surface area contributed by atoms with Crippen LogP contribution in [0.4, 0.5) is 5.69 Å². The number of nitrogens with one attached hydrogen (secondary N) is 1. The molecule has 1 N–H and O–H groups in total. The number of ether oxygens (including phenoxy) is 2. The quantitative estimate of drug-likeness (QED) is 0.782. The Hall–Kier alpha value is -2.14. The highest BCUT2D eigenvalue weighted by atomic mass is 16.5. The van der Waals surface area contributed by atoms with Gasteiger partial charge in [-0.25, -0.2) is 0 Å². The number of fused-ring (bicyclic) bond motifs is 1. The number of benzene rings is 1. The number of nitrogens with zero attached hydrogens (tertiary/aromatic N) is 1. The number of pyridine rings is 1. The van der Waals surface area contributed by atoms with Crippen LogP contribution in [0.5, 0.6) is 5.75 Å². The molecule has 1 aliphatic carbocycles. The second-order valence-electron chi connectivity index (χ2n) is 6.63. The molecule has 25 heavy (non-hydrogen) atoms. The standard InChI is InChI=1S/C20H26N2O3/c1-4-13-25-20(3,14-8-9-14)19(23)22-16-10-11-17(24-5-2)18-15(16)7-6-12-21-18/h6-7,10-12,14H,4-5,8-9,13H2,1-3H3,(H,22,23)/t20-/m0/s1. The molecule has 1 aromatic carbocycles. The van der Waals surface area contributed by atoms with E-state index in [9.17, 15) is 4.79 Å². The number of aromatic nitrogens is 1. The average molecular weight is 342 g/mol. The molecule has 1 fully saturated rings. The van der Waals surface area contributed by atoms with Gasteiger partial charge in [0.1, 0.15) is 16.9 Å². The molecule has 134 valence electrons. The molecule has 5 nitrogen and oxygen atoms in total. The first kappa shape index (κ1) is 17.7. The van der Waals surface area contributed by atoms with E-state index in [1.165, 1.54) is 0 Å². The molecule has 0 saturated heterocycles. The fraction of sp³-hybridized carbons (Fsp3) is 0.500. The van der Waals surface area contributed by atoms with Crippen molar-refractivity contribution in [2.45, 2.75) is 45.6 Å². The van der Waals surface area contributed by atoms with E-state index < -0.39 is 5.60 Å². The van der Waals surface area contributed by atoms with Gasteiger partial charge in [-0.15, -0.1) is 0 Å². The van der Waals surface area contributed by atoms with Crippen molar-refractivity contribution >= 4 is 22.5 Å². The van der Waals surface area contributed by atoms with Crippen molar-refractivity contribution in [3.8, 4) is 5.75 Å². The van der Waals surface area contributed by atoms with Gasteiger partial charge >= 0.3 is 0 Å². The van der Waals surface area contributed by atoms with E-state index in [0.29, 0.717) is 19.1 Å². The van der Waals surface area contributed by atoms with E-state index in [1.54, 1.807) is 6.20 Å². The Labute approximate surface area is 148 Å². The maximum absolute atomic E-state index is 13.0. The maximum atomic E-state index is 13.0. The molecule has 0 unspecified atom stereocenters. The molecule has 1 atom stereocenters. The van der Waals surface area contributed by atoms with Gasteiger partial charge in [0.25, 0.3) is 5.91 Å². The van der Waals surface area contributed by atoms with Crippen molar-refractivity contribution in [2.24, 2.45) is 5.92 Å². The van der Waals surface area contributed by atoms with Crippen LogP contribution in [-0.2, 0) is 9.53 Å². The largest absolute Gasteiger partial charge is 0.492 e. The van der Waals surface area contributed by atoms with Crippen LogP contribution in [0.25, 0.3) is 10.9 Å². The number of hydrogen-bond donors (Lipinski definition) is 1. The highest BCUT2D eigenvalue weighted by molar-refractivity contribution is 6.05. The van der Waals surface area contributed by atoms with Crippen molar-refractivity contribution in [2.75, 3.05) is 18.5 Å². The SMILES string of the molecule is CCCO[C@](C)(C(=O)Nc1ccc(OCC)c2ncccc12)C1CC1. The first-order valence-corrected chi connectivity index (χ1v) is 9.06.